The molecule has 7 heteroatoms. The third kappa shape index (κ3) is 4.77. The van der Waals surface area contributed by atoms with Gasteiger partial charge in [-0.3, -0.25) is 10.1 Å². The zero-order chi connectivity index (χ0) is 14.4. The lowest BCUT2D eigenvalue weighted by atomic mass is 10.1. The van der Waals surface area contributed by atoms with Gasteiger partial charge in [0.25, 0.3) is 0 Å². The molecule has 0 aromatic heterocycles. The van der Waals surface area contributed by atoms with E-state index in [1.165, 1.54) is 0 Å². The minimum atomic E-state index is -1.20. The largest absolute Gasteiger partial charge is 0.490 e. The van der Waals surface area contributed by atoms with Crippen molar-refractivity contribution in [2.24, 2.45) is 0 Å². The number of hydrogen-bond donors (Lipinski definition) is 2. The van der Waals surface area contributed by atoms with Crippen LogP contribution in [0.1, 0.15) is 25.0 Å². The SMILES string of the molecule is CC[C@@H](O)COc1cccc(C(O)C[N+](=O)[O-])c1Br. The summed E-state index contributed by atoms with van der Waals surface area (Å²) in [6, 6.07) is 4.88. The summed E-state index contributed by atoms with van der Waals surface area (Å²) in [5.41, 5.74) is 0.389. The van der Waals surface area contributed by atoms with Gasteiger partial charge in [-0.15, -0.1) is 0 Å². The van der Waals surface area contributed by atoms with Crippen LogP contribution in [-0.4, -0.2) is 34.4 Å². The molecule has 1 aromatic carbocycles. The van der Waals surface area contributed by atoms with Gasteiger partial charge >= 0.3 is 0 Å². The molecule has 106 valence electrons. The fraction of sp³-hybridized carbons (Fsp3) is 0.500. The summed E-state index contributed by atoms with van der Waals surface area (Å²) in [6.45, 7) is 1.39. The van der Waals surface area contributed by atoms with E-state index in [-0.39, 0.29) is 6.61 Å². The number of nitro groups is 1. The van der Waals surface area contributed by atoms with Gasteiger partial charge in [0, 0.05) is 10.5 Å². The maximum Gasteiger partial charge on any atom is 0.233 e. The zero-order valence-electron chi connectivity index (χ0n) is 10.5. The molecule has 2 atom stereocenters. The molecule has 2 N–H and O–H groups in total. The Labute approximate surface area is 119 Å². The van der Waals surface area contributed by atoms with Gasteiger partial charge in [-0.2, -0.15) is 0 Å². The van der Waals surface area contributed by atoms with E-state index in [0.717, 1.165) is 0 Å². The lowest BCUT2D eigenvalue weighted by molar-refractivity contribution is -0.491. The van der Waals surface area contributed by atoms with Gasteiger partial charge in [0.15, 0.2) is 0 Å². The maximum absolute atomic E-state index is 10.4. The molecule has 0 saturated carbocycles. The maximum atomic E-state index is 10.4. The molecule has 6 nitrogen and oxygen atoms in total. The summed E-state index contributed by atoms with van der Waals surface area (Å²) in [5.74, 6) is 0.437. The van der Waals surface area contributed by atoms with Crippen molar-refractivity contribution < 1.29 is 19.9 Å². The molecule has 0 fully saturated rings. The molecule has 0 amide bonds. The Bertz CT molecular complexity index is 440. The molecule has 1 unspecified atom stereocenters. The summed E-state index contributed by atoms with van der Waals surface area (Å²) >= 11 is 3.25. The van der Waals surface area contributed by atoms with Crippen LogP contribution >= 0.6 is 15.9 Å². The van der Waals surface area contributed by atoms with E-state index in [1.54, 1.807) is 18.2 Å². The molecule has 19 heavy (non-hydrogen) atoms. The number of benzene rings is 1. The van der Waals surface area contributed by atoms with Gasteiger partial charge in [-0.05, 0) is 28.4 Å². The van der Waals surface area contributed by atoms with Crippen molar-refractivity contribution >= 4 is 15.9 Å². The fourth-order valence-electron chi connectivity index (χ4n) is 1.44. The minimum absolute atomic E-state index is 0.129. The van der Waals surface area contributed by atoms with Crippen LogP contribution in [0.15, 0.2) is 22.7 Å². The zero-order valence-corrected chi connectivity index (χ0v) is 12.0. The molecule has 0 bridgehead atoms. The highest BCUT2D eigenvalue weighted by Gasteiger charge is 2.19. The highest BCUT2D eigenvalue weighted by molar-refractivity contribution is 9.10. The van der Waals surface area contributed by atoms with Gasteiger partial charge in [-0.25, -0.2) is 0 Å². The van der Waals surface area contributed by atoms with E-state index in [9.17, 15) is 20.3 Å². The monoisotopic (exact) mass is 333 g/mol. The number of rotatable bonds is 7. The summed E-state index contributed by atoms with van der Waals surface area (Å²) in [7, 11) is 0. The number of halogens is 1. The summed E-state index contributed by atoms with van der Waals surface area (Å²) in [4.78, 5) is 9.82. The third-order valence-corrected chi connectivity index (χ3v) is 3.43. The van der Waals surface area contributed by atoms with Crippen molar-refractivity contribution in [1.82, 2.24) is 0 Å². The topological polar surface area (TPSA) is 92.8 Å². The minimum Gasteiger partial charge on any atom is -0.490 e. The predicted octanol–water partition coefficient (Wildman–Crippen LogP) is 1.91. The average Bonchev–Trinajstić information content (AvgIpc) is 2.36. The average molecular weight is 334 g/mol. The second-order valence-corrected chi connectivity index (χ2v) is 4.86. The van der Waals surface area contributed by atoms with Gasteiger partial charge < -0.3 is 14.9 Å². The van der Waals surface area contributed by atoms with Crippen LogP contribution < -0.4 is 4.74 Å². The summed E-state index contributed by atoms with van der Waals surface area (Å²) < 4.78 is 5.87. The highest BCUT2D eigenvalue weighted by Crippen LogP contribution is 2.32. The molecule has 0 saturated heterocycles. The van der Waals surface area contributed by atoms with Crippen molar-refractivity contribution in [2.75, 3.05) is 13.2 Å². The van der Waals surface area contributed by atoms with Gasteiger partial charge in [0.2, 0.25) is 6.54 Å². The van der Waals surface area contributed by atoms with Crippen LogP contribution in [-0.2, 0) is 0 Å². The Hall–Kier alpha value is -1.18. The van der Waals surface area contributed by atoms with Gasteiger partial charge in [-0.1, -0.05) is 19.1 Å². The Kier molecular flexibility index (Phi) is 6.20. The van der Waals surface area contributed by atoms with E-state index in [1.807, 2.05) is 6.92 Å². The quantitative estimate of drug-likeness (QED) is 0.587. The third-order valence-electron chi connectivity index (χ3n) is 2.58. The Morgan fingerprint density at radius 1 is 1.47 bits per heavy atom. The molecule has 0 radical (unpaired) electrons. The standard InChI is InChI=1S/C12H16BrNO5/c1-2-8(15)7-19-11-5-3-4-9(12(11)13)10(16)6-14(17)18/h3-5,8,10,15-16H,2,6-7H2,1H3/t8-,10?/m1/s1. The number of aliphatic hydroxyl groups is 2. The molecular weight excluding hydrogens is 318 g/mol. The highest BCUT2D eigenvalue weighted by atomic mass is 79.9. The van der Waals surface area contributed by atoms with Crippen LogP contribution in [0.2, 0.25) is 0 Å². The molecule has 0 heterocycles. The molecule has 0 spiro atoms. The first kappa shape index (κ1) is 15.9. The number of nitrogens with zero attached hydrogens (tertiary/aromatic N) is 1. The van der Waals surface area contributed by atoms with Crippen molar-refractivity contribution in [3.63, 3.8) is 0 Å². The first-order valence-corrected chi connectivity index (χ1v) is 6.64. The molecule has 1 aromatic rings. The van der Waals surface area contributed by atoms with E-state index in [2.05, 4.69) is 15.9 Å². The molecule has 0 aliphatic heterocycles. The van der Waals surface area contributed by atoms with Gasteiger partial charge in [0.1, 0.15) is 18.5 Å². The molecule has 1 rings (SSSR count). The van der Waals surface area contributed by atoms with Crippen LogP contribution in [0.3, 0.4) is 0 Å². The van der Waals surface area contributed by atoms with E-state index in [4.69, 9.17) is 4.74 Å². The fourth-order valence-corrected chi connectivity index (χ4v) is 2.08. The lowest BCUT2D eigenvalue weighted by Gasteiger charge is -2.15. The van der Waals surface area contributed by atoms with Crippen molar-refractivity contribution in [3.8, 4) is 5.75 Å². The van der Waals surface area contributed by atoms with Crippen molar-refractivity contribution in [1.29, 1.82) is 0 Å². The molecule has 0 aliphatic rings. The first-order valence-electron chi connectivity index (χ1n) is 5.84. The number of hydrogen-bond acceptors (Lipinski definition) is 5. The predicted molar refractivity (Wildman–Crippen MR) is 72.8 cm³/mol. The van der Waals surface area contributed by atoms with Crippen molar-refractivity contribution in [3.05, 3.63) is 38.3 Å². The van der Waals surface area contributed by atoms with Crippen LogP contribution in [0, 0.1) is 10.1 Å². The second kappa shape index (κ2) is 7.42. The lowest BCUT2D eigenvalue weighted by Crippen LogP contribution is -2.17. The summed E-state index contributed by atoms with van der Waals surface area (Å²) in [5, 5.41) is 29.6. The summed E-state index contributed by atoms with van der Waals surface area (Å²) in [6.07, 6.45) is -1.20. The smallest absolute Gasteiger partial charge is 0.233 e. The van der Waals surface area contributed by atoms with Gasteiger partial charge in [0.05, 0.1) is 10.6 Å². The second-order valence-electron chi connectivity index (χ2n) is 4.06. The molecular formula is C12H16BrNO5. The van der Waals surface area contributed by atoms with Crippen LogP contribution in [0.25, 0.3) is 0 Å². The normalized spacial score (nSPS) is 13.9. The van der Waals surface area contributed by atoms with E-state index in [0.29, 0.717) is 22.2 Å². The van der Waals surface area contributed by atoms with Crippen molar-refractivity contribution in [2.45, 2.75) is 25.6 Å². The van der Waals surface area contributed by atoms with E-state index >= 15 is 0 Å². The van der Waals surface area contributed by atoms with Crippen LogP contribution in [0.4, 0.5) is 0 Å². The Morgan fingerprint density at radius 2 is 2.16 bits per heavy atom. The number of ether oxygens (including phenoxy) is 1. The molecule has 0 aliphatic carbocycles. The Balaban J connectivity index is 2.82. The first-order chi connectivity index (χ1) is 8.95. The Morgan fingerprint density at radius 3 is 2.74 bits per heavy atom. The van der Waals surface area contributed by atoms with E-state index < -0.39 is 23.7 Å². The van der Waals surface area contributed by atoms with Crippen LogP contribution in [0.5, 0.6) is 5.75 Å². The number of aliphatic hydroxyl groups excluding tert-OH is 2.